The predicted octanol–water partition coefficient (Wildman–Crippen LogP) is 4.09. The summed E-state index contributed by atoms with van der Waals surface area (Å²) < 4.78 is 0. The van der Waals surface area contributed by atoms with Crippen LogP contribution >= 0.6 is 12.2 Å². The molecule has 5 heteroatoms. The SMILES string of the molecule is Cc1ccc(N2C(=S)N(C(=O)c3ccccc3)C[C@]2(O)c2ccccc2)cc1. The Labute approximate surface area is 169 Å². The van der Waals surface area contributed by atoms with Crippen LogP contribution in [0.15, 0.2) is 84.9 Å². The average molecular weight is 388 g/mol. The van der Waals surface area contributed by atoms with Crippen molar-refractivity contribution >= 4 is 28.9 Å². The second kappa shape index (κ2) is 7.19. The first-order valence-corrected chi connectivity index (χ1v) is 9.47. The first-order chi connectivity index (χ1) is 13.5. The van der Waals surface area contributed by atoms with Crippen LogP contribution in [0.2, 0.25) is 0 Å². The number of β-amino-alcohol motifs (C(OH)–C–C–N with tert-alkyl or cyclic N) is 1. The largest absolute Gasteiger partial charge is 0.365 e. The highest BCUT2D eigenvalue weighted by Crippen LogP contribution is 2.38. The number of carbonyl (C=O) groups is 1. The molecule has 3 aromatic rings. The van der Waals surface area contributed by atoms with Crippen molar-refractivity contribution in [3.8, 4) is 0 Å². The van der Waals surface area contributed by atoms with E-state index in [1.165, 1.54) is 4.90 Å². The molecule has 0 bridgehead atoms. The van der Waals surface area contributed by atoms with E-state index in [0.29, 0.717) is 11.1 Å². The summed E-state index contributed by atoms with van der Waals surface area (Å²) >= 11 is 5.67. The maximum absolute atomic E-state index is 13.1. The third kappa shape index (κ3) is 3.09. The first kappa shape index (κ1) is 18.3. The van der Waals surface area contributed by atoms with Crippen molar-refractivity contribution in [3.05, 3.63) is 102 Å². The number of benzene rings is 3. The third-order valence-corrected chi connectivity index (χ3v) is 5.37. The molecule has 1 saturated heterocycles. The van der Waals surface area contributed by atoms with Gasteiger partial charge in [0.25, 0.3) is 5.91 Å². The molecule has 0 saturated carbocycles. The maximum atomic E-state index is 13.1. The highest BCUT2D eigenvalue weighted by molar-refractivity contribution is 7.80. The lowest BCUT2D eigenvalue weighted by atomic mass is 10.0. The molecular formula is C23H20N2O2S. The molecule has 0 aromatic heterocycles. The van der Waals surface area contributed by atoms with Gasteiger partial charge in [-0.05, 0) is 43.4 Å². The van der Waals surface area contributed by atoms with Gasteiger partial charge in [0.05, 0.1) is 6.54 Å². The maximum Gasteiger partial charge on any atom is 0.260 e. The number of aliphatic hydroxyl groups is 1. The molecule has 1 aliphatic rings. The van der Waals surface area contributed by atoms with Crippen molar-refractivity contribution in [1.29, 1.82) is 0 Å². The van der Waals surface area contributed by atoms with Crippen LogP contribution in [0.1, 0.15) is 21.5 Å². The number of aryl methyl sites for hydroxylation is 1. The normalized spacial score (nSPS) is 19.1. The fourth-order valence-corrected chi connectivity index (χ4v) is 3.88. The van der Waals surface area contributed by atoms with Gasteiger partial charge in [-0.3, -0.25) is 14.6 Å². The van der Waals surface area contributed by atoms with E-state index in [4.69, 9.17) is 12.2 Å². The molecule has 4 nitrogen and oxygen atoms in total. The van der Waals surface area contributed by atoms with Gasteiger partial charge in [0, 0.05) is 16.8 Å². The van der Waals surface area contributed by atoms with Gasteiger partial charge in [-0.2, -0.15) is 0 Å². The molecule has 28 heavy (non-hydrogen) atoms. The zero-order valence-corrected chi connectivity index (χ0v) is 16.3. The molecule has 1 heterocycles. The van der Waals surface area contributed by atoms with Crippen LogP contribution in [0.25, 0.3) is 0 Å². The number of hydrogen-bond donors (Lipinski definition) is 1. The molecule has 3 aromatic carbocycles. The van der Waals surface area contributed by atoms with Crippen LogP contribution in [-0.2, 0) is 5.72 Å². The van der Waals surface area contributed by atoms with Crippen LogP contribution in [-0.4, -0.2) is 27.6 Å². The summed E-state index contributed by atoms with van der Waals surface area (Å²) in [5.74, 6) is -0.227. The zero-order chi connectivity index (χ0) is 19.7. The fourth-order valence-electron chi connectivity index (χ4n) is 3.48. The smallest absolute Gasteiger partial charge is 0.260 e. The van der Waals surface area contributed by atoms with E-state index in [2.05, 4.69) is 0 Å². The average Bonchev–Trinajstić information content (AvgIpc) is 3.01. The Morgan fingerprint density at radius 2 is 1.50 bits per heavy atom. The van der Waals surface area contributed by atoms with Crippen LogP contribution in [0.5, 0.6) is 0 Å². The molecular weight excluding hydrogens is 368 g/mol. The van der Waals surface area contributed by atoms with E-state index in [9.17, 15) is 9.90 Å². The number of rotatable bonds is 3. The number of hydrogen-bond acceptors (Lipinski definition) is 3. The van der Waals surface area contributed by atoms with Crippen molar-refractivity contribution < 1.29 is 9.90 Å². The van der Waals surface area contributed by atoms with Crippen molar-refractivity contribution in [2.24, 2.45) is 0 Å². The molecule has 1 fully saturated rings. The van der Waals surface area contributed by atoms with E-state index >= 15 is 0 Å². The quantitative estimate of drug-likeness (QED) is 0.687. The van der Waals surface area contributed by atoms with Gasteiger partial charge >= 0.3 is 0 Å². The van der Waals surface area contributed by atoms with Crippen LogP contribution in [0.3, 0.4) is 0 Å². The third-order valence-electron chi connectivity index (χ3n) is 4.96. The Morgan fingerprint density at radius 1 is 0.929 bits per heavy atom. The summed E-state index contributed by atoms with van der Waals surface area (Å²) in [5, 5.41) is 12.0. The second-order valence-electron chi connectivity index (χ2n) is 6.89. The van der Waals surface area contributed by atoms with Crippen molar-refractivity contribution in [3.63, 3.8) is 0 Å². The van der Waals surface area contributed by atoms with Crippen LogP contribution < -0.4 is 4.90 Å². The first-order valence-electron chi connectivity index (χ1n) is 9.06. The molecule has 0 spiro atoms. The predicted molar refractivity (Wildman–Crippen MR) is 114 cm³/mol. The van der Waals surface area contributed by atoms with Crippen LogP contribution in [0.4, 0.5) is 5.69 Å². The molecule has 1 N–H and O–H groups in total. The summed E-state index contributed by atoms with van der Waals surface area (Å²) in [7, 11) is 0. The molecule has 0 aliphatic carbocycles. The van der Waals surface area contributed by atoms with Gasteiger partial charge in [-0.15, -0.1) is 0 Å². The fraction of sp³-hybridized carbons (Fsp3) is 0.130. The zero-order valence-electron chi connectivity index (χ0n) is 15.4. The number of carbonyl (C=O) groups excluding carboxylic acids is 1. The Morgan fingerprint density at radius 3 is 2.11 bits per heavy atom. The number of amides is 1. The lowest BCUT2D eigenvalue weighted by molar-refractivity contribution is 0.0432. The number of nitrogens with zero attached hydrogens (tertiary/aromatic N) is 2. The van der Waals surface area contributed by atoms with E-state index in [-0.39, 0.29) is 17.6 Å². The minimum atomic E-state index is -1.45. The molecule has 140 valence electrons. The van der Waals surface area contributed by atoms with Gasteiger partial charge in [0.2, 0.25) is 0 Å². The topological polar surface area (TPSA) is 43.8 Å². The summed E-state index contributed by atoms with van der Waals surface area (Å²) in [4.78, 5) is 16.2. The number of anilines is 1. The van der Waals surface area contributed by atoms with Crippen molar-refractivity contribution in [2.75, 3.05) is 11.4 Å². The van der Waals surface area contributed by atoms with E-state index < -0.39 is 5.72 Å². The molecule has 1 amide bonds. The van der Waals surface area contributed by atoms with Crippen molar-refractivity contribution in [2.45, 2.75) is 12.6 Å². The molecule has 4 rings (SSSR count). The van der Waals surface area contributed by atoms with E-state index in [1.54, 1.807) is 17.0 Å². The van der Waals surface area contributed by atoms with Gasteiger partial charge < -0.3 is 5.11 Å². The Balaban J connectivity index is 1.80. The minimum absolute atomic E-state index is 0.0530. The summed E-state index contributed by atoms with van der Waals surface area (Å²) in [5.41, 5.74) is 1.62. The van der Waals surface area contributed by atoms with Gasteiger partial charge in [0.1, 0.15) is 0 Å². The van der Waals surface area contributed by atoms with E-state index in [1.807, 2.05) is 79.7 Å². The van der Waals surface area contributed by atoms with E-state index in [0.717, 1.165) is 11.3 Å². The lowest BCUT2D eigenvalue weighted by Crippen LogP contribution is -2.44. The number of thiocarbonyl (C=S) groups is 1. The second-order valence-corrected chi connectivity index (χ2v) is 7.26. The summed E-state index contributed by atoms with van der Waals surface area (Å²) in [6, 6.07) is 26.1. The van der Waals surface area contributed by atoms with Crippen LogP contribution in [0, 0.1) is 6.92 Å². The Hall–Kier alpha value is -3.02. The van der Waals surface area contributed by atoms with Gasteiger partial charge in [-0.1, -0.05) is 66.2 Å². The minimum Gasteiger partial charge on any atom is -0.365 e. The summed E-state index contributed by atoms with van der Waals surface area (Å²) in [6.45, 7) is 2.05. The summed E-state index contributed by atoms with van der Waals surface area (Å²) in [6.07, 6.45) is 0. The van der Waals surface area contributed by atoms with Crippen molar-refractivity contribution in [1.82, 2.24) is 4.90 Å². The Bertz CT molecular complexity index is 1010. The Kier molecular flexibility index (Phi) is 4.71. The lowest BCUT2D eigenvalue weighted by Gasteiger charge is -2.33. The standard InChI is InChI=1S/C23H20N2O2S/c1-17-12-14-20(15-13-17)25-22(28)24(21(26)18-8-4-2-5-9-18)16-23(25,27)19-10-6-3-7-11-19/h2-15,27H,16H2,1H3/t23-/m0/s1. The van der Waals surface area contributed by atoms with Gasteiger partial charge in [-0.25, -0.2) is 0 Å². The van der Waals surface area contributed by atoms with Gasteiger partial charge in [0.15, 0.2) is 10.8 Å². The highest BCUT2D eigenvalue weighted by Gasteiger charge is 2.50. The molecule has 1 aliphatic heterocycles. The molecule has 0 unspecified atom stereocenters. The highest BCUT2D eigenvalue weighted by atomic mass is 32.1. The monoisotopic (exact) mass is 388 g/mol. The molecule has 1 atom stereocenters. The molecule has 0 radical (unpaired) electrons.